The molecular formula is C20H21N4+. The van der Waals surface area contributed by atoms with Crippen LogP contribution in [0, 0.1) is 6.92 Å². The van der Waals surface area contributed by atoms with Crippen LogP contribution in [0.5, 0.6) is 0 Å². The van der Waals surface area contributed by atoms with Gasteiger partial charge in [0.05, 0.1) is 22.6 Å². The van der Waals surface area contributed by atoms with Gasteiger partial charge in [0.2, 0.25) is 5.69 Å². The van der Waals surface area contributed by atoms with Crippen LogP contribution in [-0.4, -0.2) is 19.1 Å². The Morgan fingerprint density at radius 2 is 1.71 bits per heavy atom. The Hall–Kier alpha value is -2.88. The second kappa shape index (κ2) is 5.34. The van der Waals surface area contributed by atoms with Crippen molar-refractivity contribution in [3.05, 3.63) is 60.4 Å². The summed E-state index contributed by atoms with van der Waals surface area (Å²) in [6, 6.07) is 14.9. The zero-order valence-corrected chi connectivity index (χ0v) is 14.5. The first-order valence-electron chi connectivity index (χ1n) is 8.10. The van der Waals surface area contributed by atoms with E-state index in [1.807, 2.05) is 12.3 Å². The topological polar surface area (TPSA) is 23.2 Å². The fraction of sp³-hybridized carbons (Fsp3) is 0.200. The molecule has 0 amide bonds. The molecule has 1 aromatic carbocycles. The van der Waals surface area contributed by atoms with Gasteiger partial charge in [-0.25, -0.2) is 9.55 Å². The number of hydrogen-bond donors (Lipinski definition) is 0. The minimum Gasteiger partial charge on any atom is -0.340 e. The van der Waals surface area contributed by atoms with Crippen molar-refractivity contribution in [3.63, 3.8) is 0 Å². The van der Waals surface area contributed by atoms with Crippen LogP contribution >= 0.6 is 0 Å². The molecule has 4 nitrogen and oxygen atoms in total. The van der Waals surface area contributed by atoms with Crippen LogP contribution in [0.2, 0.25) is 0 Å². The molecule has 4 rings (SSSR count). The highest BCUT2D eigenvalue weighted by Gasteiger charge is 2.27. The van der Waals surface area contributed by atoms with Crippen molar-refractivity contribution in [3.8, 4) is 11.3 Å². The van der Waals surface area contributed by atoms with E-state index in [4.69, 9.17) is 0 Å². The van der Waals surface area contributed by atoms with Gasteiger partial charge in [0.15, 0.2) is 12.0 Å². The minimum absolute atomic E-state index is 0.986. The first-order chi connectivity index (χ1) is 11.6. The lowest BCUT2D eigenvalue weighted by atomic mass is 10.00. The number of rotatable bonds is 1. The van der Waals surface area contributed by atoms with E-state index in [0.717, 1.165) is 11.5 Å². The van der Waals surface area contributed by atoms with Crippen molar-refractivity contribution in [2.75, 3.05) is 23.9 Å². The first kappa shape index (κ1) is 14.7. The maximum Gasteiger partial charge on any atom is 0.212 e. The Balaban J connectivity index is 1.94. The van der Waals surface area contributed by atoms with Crippen LogP contribution in [0.4, 0.5) is 22.9 Å². The lowest BCUT2D eigenvalue weighted by molar-refractivity contribution is -0.660. The third-order valence-electron chi connectivity index (χ3n) is 4.82. The average Bonchev–Trinajstić information content (AvgIpc) is 2.60. The Morgan fingerprint density at radius 3 is 2.50 bits per heavy atom. The summed E-state index contributed by atoms with van der Waals surface area (Å²) in [5.74, 6) is 0.986. The van der Waals surface area contributed by atoms with Crippen LogP contribution < -0.4 is 14.4 Å². The van der Waals surface area contributed by atoms with E-state index in [1.165, 1.54) is 28.2 Å². The molecular weight excluding hydrogens is 296 g/mol. The summed E-state index contributed by atoms with van der Waals surface area (Å²) in [6.07, 6.45) is 3.93. The standard InChI is InChI=1S/C20H21N4/c1-14-12-18-19(13-15(14)16-8-5-6-11-22(16)2)24(4)20-17(23(18)3)9-7-10-21-20/h5-13H,1-4H3/q+1. The van der Waals surface area contributed by atoms with Crippen molar-refractivity contribution in [2.24, 2.45) is 7.05 Å². The van der Waals surface area contributed by atoms with E-state index in [1.54, 1.807) is 0 Å². The molecule has 1 aliphatic heterocycles. The quantitative estimate of drug-likeness (QED) is 0.639. The molecule has 0 radical (unpaired) electrons. The highest BCUT2D eigenvalue weighted by Crippen LogP contribution is 2.46. The fourth-order valence-electron chi connectivity index (χ4n) is 3.45. The molecule has 0 N–H and O–H groups in total. The third-order valence-corrected chi connectivity index (χ3v) is 4.82. The molecule has 0 unspecified atom stereocenters. The van der Waals surface area contributed by atoms with Gasteiger partial charge in [0.1, 0.15) is 7.05 Å². The van der Waals surface area contributed by atoms with E-state index < -0.39 is 0 Å². The van der Waals surface area contributed by atoms with Gasteiger partial charge < -0.3 is 9.80 Å². The normalized spacial score (nSPS) is 12.8. The van der Waals surface area contributed by atoms with Gasteiger partial charge in [-0.15, -0.1) is 0 Å². The molecule has 24 heavy (non-hydrogen) atoms. The molecule has 0 saturated heterocycles. The Morgan fingerprint density at radius 1 is 0.917 bits per heavy atom. The van der Waals surface area contributed by atoms with Gasteiger partial charge in [-0.05, 0) is 42.8 Å². The number of fused-ring (bicyclic) bond motifs is 2. The summed E-state index contributed by atoms with van der Waals surface area (Å²) in [4.78, 5) is 8.97. The molecule has 0 fully saturated rings. The van der Waals surface area contributed by atoms with Gasteiger partial charge in [0, 0.05) is 32.4 Å². The summed E-state index contributed by atoms with van der Waals surface area (Å²) in [7, 11) is 6.27. The van der Waals surface area contributed by atoms with E-state index in [-0.39, 0.29) is 0 Å². The van der Waals surface area contributed by atoms with Gasteiger partial charge in [-0.3, -0.25) is 0 Å². The van der Waals surface area contributed by atoms with E-state index >= 15 is 0 Å². The lowest BCUT2D eigenvalue weighted by Gasteiger charge is -2.36. The Kier molecular flexibility index (Phi) is 3.27. The maximum atomic E-state index is 4.57. The number of aryl methyl sites for hydroxylation is 2. The van der Waals surface area contributed by atoms with Gasteiger partial charge in [-0.1, -0.05) is 0 Å². The van der Waals surface area contributed by atoms with Crippen LogP contribution in [0.25, 0.3) is 11.3 Å². The van der Waals surface area contributed by atoms with E-state index in [9.17, 15) is 0 Å². The van der Waals surface area contributed by atoms with Gasteiger partial charge >= 0.3 is 0 Å². The molecule has 0 spiro atoms. The zero-order chi connectivity index (χ0) is 16.8. The van der Waals surface area contributed by atoms with Crippen LogP contribution in [0.15, 0.2) is 54.9 Å². The van der Waals surface area contributed by atoms with Crippen molar-refractivity contribution < 1.29 is 4.57 Å². The number of pyridine rings is 2. The van der Waals surface area contributed by atoms with Crippen LogP contribution in [0.3, 0.4) is 0 Å². The Labute approximate surface area is 142 Å². The molecule has 120 valence electrons. The molecule has 1 aliphatic rings. The van der Waals surface area contributed by atoms with Crippen molar-refractivity contribution in [1.29, 1.82) is 0 Å². The van der Waals surface area contributed by atoms with Crippen LogP contribution in [-0.2, 0) is 7.05 Å². The summed E-state index contributed by atoms with van der Waals surface area (Å²) in [5.41, 5.74) is 7.23. The summed E-state index contributed by atoms with van der Waals surface area (Å²) < 4.78 is 2.16. The monoisotopic (exact) mass is 317 g/mol. The smallest absolute Gasteiger partial charge is 0.212 e. The maximum absolute atomic E-state index is 4.57. The first-order valence-corrected chi connectivity index (χ1v) is 8.10. The summed E-state index contributed by atoms with van der Waals surface area (Å²) in [6.45, 7) is 2.18. The molecule has 0 aliphatic carbocycles. The zero-order valence-electron chi connectivity index (χ0n) is 14.5. The number of nitrogens with zero attached hydrogens (tertiary/aromatic N) is 4. The predicted octanol–water partition coefficient (Wildman–Crippen LogP) is 3.73. The van der Waals surface area contributed by atoms with Crippen molar-refractivity contribution >= 4 is 22.9 Å². The fourth-order valence-corrected chi connectivity index (χ4v) is 3.45. The number of hydrogen-bond acceptors (Lipinski definition) is 3. The number of aromatic nitrogens is 2. The third kappa shape index (κ3) is 2.07. The largest absolute Gasteiger partial charge is 0.340 e. The number of benzene rings is 1. The SMILES string of the molecule is Cc1cc2c(cc1-c1cccc[n+]1C)N(C)c1ncccc1N2C. The summed E-state index contributed by atoms with van der Waals surface area (Å²) in [5, 5.41) is 0. The summed E-state index contributed by atoms with van der Waals surface area (Å²) >= 11 is 0. The van der Waals surface area contributed by atoms with Crippen LogP contribution in [0.1, 0.15) is 5.56 Å². The Bertz CT molecular complexity index is 933. The average molecular weight is 317 g/mol. The second-order valence-electron chi connectivity index (χ2n) is 6.32. The predicted molar refractivity (Wildman–Crippen MR) is 98.2 cm³/mol. The van der Waals surface area contributed by atoms with Crippen molar-refractivity contribution in [1.82, 2.24) is 4.98 Å². The number of anilines is 4. The highest BCUT2D eigenvalue weighted by atomic mass is 15.3. The molecule has 4 heteroatoms. The van der Waals surface area contributed by atoms with Gasteiger partial charge in [0.25, 0.3) is 0 Å². The molecule has 0 saturated carbocycles. The molecule has 0 bridgehead atoms. The molecule has 3 aromatic rings. The molecule has 2 aromatic heterocycles. The lowest BCUT2D eigenvalue weighted by Crippen LogP contribution is -2.30. The minimum atomic E-state index is 0.986. The van der Waals surface area contributed by atoms with Gasteiger partial charge in [-0.2, -0.15) is 0 Å². The molecule has 3 heterocycles. The highest BCUT2D eigenvalue weighted by molar-refractivity contribution is 5.93. The van der Waals surface area contributed by atoms with E-state index in [2.05, 4.69) is 90.0 Å². The molecule has 0 atom stereocenters. The van der Waals surface area contributed by atoms with E-state index in [0.29, 0.717) is 0 Å². The van der Waals surface area contributed by atoms with Crippen molar-refractivity contribution in [2.45, 2.75) is 6.92 Å². The second-order valence-corrected chi connectivity index (χ2v) is 6.32.